The molecule has 7 nitrogen and oxygen atoms in total. The molecular weight excluding hydrogens is 314 g/mol. The van der Waals surface area contributed by atoms with Gasteiger partial charge in [0.2, 0.25) is 11.1 Å². The number of carbonyl (C=O) groups is 1. The van der Waals surface area contributed by atoms with Gasteiger partial charge in [-0.25, -0.2) is 0 Å². The number of hydrogen-bond acceptors (Lipinski definition) is 6. The zero-order valence-corrected chi connectivity index (χ0v) is 14.1. The van der Waals surface area contributed by atoms with Crippen LogP contribution in [0.4, 0.5) is 5.69 Å². The third-order valence-electron chi connectivity index (χ3n) is 3.30. The molecule has 23 heavy (non-hydrogen) atoms. The number of aryl methyl sites for hydroxylation is 1. The van der Waals surface area contributed by atoms with Gasteiger partial charge < -0.3 is 10.7 Å². The predicted molar refractivity (Wildman–Crippen MR) is 91.0 cm³/mol. The molecule has 0 unspecified atom stereocenters. The van der Waals surface area contributed by atoms with E-state index in [0.717, 1.165) is 22.1 Å². The van der Waals surface area contributed by atoms with Crippen molar-refractivity contribution >= 4 is 23.4 Å². The summed E-state index contributed by atoms with van der Waals surface area (Å²) < 4.78 is 0.926. The van der Waals surface area contributed by atoms with Crippen molar-refractivity contribution in [2.24, 2.45) is 0 Å². The second-order valence-electron chi connectivity index (χ2n) is 4.92. The molecule has 2 N–H and O–H groups in total. The number of aromatic nitrogens is 3. The number of amides is 1. The van der Waals surface area contributed by atoms with E-state index in [1.54, 1.807) is 11.8 Å². The van der Waals surface area contributed by atoms with E-state index in [-0.39, 0.29) is 16.8 Å². The van der Waals surface area contributed by atoms with Crippen LogP contribution in [0.15, 0.2) is 40.3 Å². The van der Waals surface area contributed by atoms with Gasteiger partial charge in [-0.3, -0.25) is 9.59 Å². The van der Waals surface area contributed by atoms with Crippen molar-refractivity contribution in [2.45, 2.75) is 31.2 Å². The lowest BCUT2D eigenvalue weighted by Crippen LogP contribution is -2.38. The predicted octanol–water partition coefficient (Wildman–Crippen LogP) is 1.19. The molecule has 8 heteroatoms. The Kier molecular flexibility index (Phi) is 5.38. The van der Waals surface area contributed by atoms with Crippen LogP contribution in [0.3, 0.4) is 0 Å². The number of carbonyl (C=O) groups excluding carboxylic acids is 1. The Morgan fingerprint density at radius 2 is 2.00 bits per heavy atom. The summed E-state index contributed by atoms with van der Waals surface area (Å²) in [5.41, 5.74) is 0.625. The van der Waals surface area contributed by atoms with E-state index in [0.29, 0.717) is 6.54 Å². The minimum Gasteiger partial charge on any atom is -0.334 e. The number of nitrogens with two attached hydrogens (primary N) is 1. The highest BCUT2D eigenvalue weighted by Crippen LogP contribution is 2.23. The van der Waals surface area contributed by atoms with Gasteiger partial charge in [0.15, 0.2) is 0 Å². The highest BCUT2D eigenvalue weighted by atomic mass is 32.2. The van der Waals surface area contributed by atoms with Gasteiger partial charge in [0.05, 0.1) is 5.25 Å². The van der Waals surface area contributed by atoms with Crippen LogP contribution in [0.5, 0.6) is 0 Å². The van der Waals surface area contributed by atoms with Crippen LogP contribution in [0.1, 0.15) is 19.5 Å². The molecule has 122 valence electrons. The standard InChI is InChI=1S/C15H19N5O2S/c1-4-19(12-8-6-5-7-9-12)14(22)11(3)23-15-18-17-10(2)13(21)20(15)16/h5-9,11H,4,16H2,1-3H3/t11-/m1/s1. The van der Waals surface area contributed by atoms with Crippen LogP contribution in [-0.4, -0.2) is 32.6 Å². The number of anilines is 1. The zero-order valence-electron chi connectivity index (χ0n) is 13.3. The first kappa shape index (κ1) is 17.0. The second kappa shape index (κ2) is 7.28. The summed E-state index contributed by atoms with van der Waals surface area (Å²) in [6.45, 7) is 5.75. The number of benzene rings is 1. The van der Waals surface area contributed by atoms with E-state index in [1.165, 1.54) is 6.92 Å². The summed E-state index contributed by atoms with van der Waals surface area (Å²) in [6.07, 6.45) is 0. The Morgan fingerprint density at radius 1 is 1.35 bits per heavy atom. The summed E-state index contributed by atoms with van der Waals surface area (Å²) in [6, 6.07) is 9.42. The minimum atomic E-state index is -0.457. The molecule has 0 spiro atoms. The quantitative estimate of drug-likeness (QED) is 0.652. The molecule has 0 saturated heterocycles. The Hall–Kier alpha value is -2.35. The number of nitrogens with zero attached hydrogens (tertiary/aromatic N) is 4. The average Bonchev–Trinajstić information content (AvgIpc) is 2.57. The van der Waals surface area contributed by atoms with Gasteiger partial charge in [-0.2, -0.15) is 4.68 Å². The average molecular weight is 333 g/mol. The van der Waals surface area contributed by atoms with Gasteiger partial charge in [0.25, 0.3) is 5.56 Å². The lowest BCUT2D eigenvalue weighted by molar-refractivity contribution is -0.117. The molecule has 1 amide bonds. The van der Waals surface area contributed by atoms with E-state index in [4.69, 9.17) is 5.84 Å². The fraction of sp³-hybridized carbons (Fsp3) is 0.333. The van der Waals surface area contributed by atoms with E-state index in [1.807, 2.05) is 37.3 Å². The SMILES string of the molecule is CCN(C(=O)[C@@H](C)Sc1nnc(C)c(=O)n1N)c1ccccc1. The molecule has 0 saturated carbocycles. The fourth-order valence-electron chi connectivity index (χ4n) is 2.05. The molecule has 1 aromatic carbocycles. The molecular formula is C15H19N5O2S. The summed E-state index contributed by atoms with van der Waals surface area (Å²) in [5.74, 6) is 5.62. The molecule has 0 aliphatic rings. The van der Waals surface area contributed by atoms with E-state index in [9.17, 15) is 9.59 Å². The first-order chi connectivity index (χ1) is 11.0. The number of para-hydroxylation sites is 1. The van der Waals surface area contributed by atoms with E-state index >= 15 is 0 Å². The van der Waals surface area contributed by atoms with Crippen LogP contribution in [0.2, 0.25) is 0 Å². The van der Waals surface area contributed by atoms with Crippen LogP contribution in [0, 0.1) is 6.92 Å². The van der Waals surface area contributed by atoms with Gasteiger partial charge in [-0.1, -0.05) is 30.0 Å². The molecule has 2 rings (SSSR count). The van der Waals surface area contributed by atoms with Crippen LogP contribution < -0.4 is 16.3 Å². The highest BCUT2D eigenvalue weighted by Gasteiger charge is 2.23. The maximum Gasteiger partial charge on any atom is 0.294 e. The first-order valence-electron chi connectivity index (χ1n) is 7.20. The van der Waals surface area contributed by atoms with Gasteiger partial charge in [-0.15, -0.1) is 10.2 Å². The zero-order chi connectivity index (χ0) is 17.0. The van der Waals surface area contributed by atoms with Gasteiger partial charge in [0.1, 0.15) is 5.69 Å². The molecule has 1 atom stereocenters. The van der Waals surface area contributed by atoms with Gasteiger partial charge in [0, 0.05) is 12.2 Å². The molecule has 1 aromatic heterocycles. The molecule has 0 radical (unpaired) electrons. The Balaban J connectivity index is 2.20. The summed E-state index contributed by atoms with van der Waals surface area (Å²) >= 11 is 1.11. The Labute approximate surface area is 138 Å². The molecule has 0 fully saturated rings. The normalized spacial score (nSPS) is 12.0. The second-order valence-corrected chi connectivity index (χ2v) is 6.23. The van der Waals surface area contributed by atoms with Crippen molar-refractivity contribution in [3.05, 3.63) is 46.4 Å². The van der Waals surface area contributed by atoms with Crippen molar-refractivity contribution in [3.8, 4) is 0 Å². The summed E-state index contributed by atoms with van der Waals surface area (Å²) in [7, 11) is 0. The first-order valence-corrected chi connectivity index (χ1v) is 8.08. The maximum absolute atomic E-state index is 12.7. The third kappa shape index (κ3) is 3.70. The molecule has 2 aromatic rings. The monoisotopic (exact) mass is 333 g/mol. The van der Waals surface area contributed by atoms with Gasteiger partial charge in [-0.05, 0) is 32.9 Å². The van der Waals surface area contributed by atoms with E-state index in [2.05, 4.69) is 10.2 Å². The minimum absolute atomic E-state index is 0.0847. The van der Waals surface area contributed by atoms with Crippen molar-refractivity contribution in [1.82, 2.24) is 14.9 Å². The Morgan fingerprint density at radius 3 is 2.61 bits per heavy atom. The largest absolute Gasteiger partial charge is 0.334 e. The van der Waals surface area contributed by atoms with Crippen LogP contribution in [0.25, 0.3) is 0 Å². The lowest BCUT2D eigenvalue weighted by Gasteiger charge is -2.24. The Bertz CT molecular complexity index is 747. The summed E-state index contributed by atoms with van der Waals surface area (Å²) in [4.78, 5) is 26.1. The summed E-state index contributed by atoms with van der Waals surface area (Å²) in [5, 5.41) is 7.42. The highest BCUT2D eigenvalue weighted by molar-refractivity contribution is 8.00. The fourth-order valence-corrected chi connectivity index (χ4v) is 2.88. The molecule has 1 heterocycles. The topological polar surface area (TPSA) is 94.1 Å². The molecule has 0 bridgehead atoms. The lowest BCUT2D eigenvalue weighted by atomic mass is 10.2. The van der Waals surface area contributed by atoms with Crippen molar-refractivity contribution in [3.63, 3.8) is 0 Å². The maximum atomic E-state index is 12.7. The number of hydrogen-bond donors (Lipinski definition) is 1. The number of thioether (sulfide) groups is 1. The smallest absolute Gasteiger partial charge is 0.294 e. The molecule has 0 aliphatic heterocycles. The van der Waals surface area contributed by atoms with Gasteiger partial charge >= 0.3 is 0 Å². The third-order valence-corrected chi connectivity index (χ3v) is 4.34. The van der Waals surface area contributed by atoms with Crippen molar-refractivity contribution in [2.75, 3.05) is 17.3 Å². The van der Waals surface area contributed by atoms with Crippen molar-refractivity contribution in [1.29, 1.82) is 0 Å². The van der Waals surface area contributed by atoms with Crippen molar-refractivity contribution < 1.29 is 4.79 Å². The van der Waals surface area contributed by atoms with Crippen LogP contribution in [-0.2, 0) is 4.79 Å². The number of nitrogen functional groups attached to an aromatic ring is 1. The van der Waals surface area contributed by atoms with Crippen LogP contribution >= 0.6 is 11.8 Å². The van der Waals surface area contributed by atoms with E-state index < -0.39 is 10.8 Å². The number of rotatable bonds is 5. The molecule has 0 aliphatic carbocycles.